The van der Waals surface area contributed by atoms with Crippen LogP contribution in [-0.2, 0) is 9.59 Å². The molecule has 3 amide bonds. The number of nitrogens with one attached hydrogen (secondary N) is 3. The predicted octanol–water partition coefficient (Wildman–Crippen LogP) is 5.83. The van der Waals surface area contributed by atoms with Crippen molar-refractivity contribution in [3.8, 4) is 0 Å². The third-order valence-corrected chi connectivity index (χ3v) is 6.34. The maximum Gasteiger partial charge on any atom is 0.328 e. The van der Waals surface area contributed by atoms with Crippen molar-refractivity contribution in [2.45, 2.75) is 20.8 Å². The van der Waals surface area contributed by atoms with Gasteiger partial charge in [0.25, 0.3) is 5.91 Å². The van der Waals surface area contributed by atoms with E-state index in [9.17, 15) is 14.4 Å². The first-order chi connectivity index (χ1) is 16.6. The SMILES string of the molecule is Cc1ccc(NC(=O)c2cc3cc(Cl)ccc3n2NC(=O)C(=O)Nc2cccc(Cl)c2C)cc1C. The van der Waals surface area contributed by atoms with Gasteiger partial charge < -0.3 is 10.6 Å². The van der Waals surface area contributed by atoms with Gasteiger partial charge in [-0.15, -0.1) is 0 Å². The van der Waals surface area contributed by atoms with Gasteiger partial charge in [-0.05, 0) is 86.0 Å². The lowest BCUT2D eigenvalue weighted by Gasteiger charge is -2.14. The third kappa shape index (κ3) is 5.16. The fourth-order valence-electron chi connectivity index (χ4n) is 3.56. The van der Waals surface area contributed by atoms with Gasteiger partial charge >= 0.3 is 11.8 Å². The van der Waals surface area contributed by atoms with Crippen molar-refractivity contribution in [3.05, 3.63) is 93.1 Å². The molecule has 4 rings (SSSR count). The van der Waals surface area contributed by atoms with Crippen LogP contribution < -0.4 is 16.1 Å². The summed E-state index contributed by atoms with van der Waals surface area (Å²) < 4.78 is 1.27. The highest BCUT2D eigenvalue weighted by Gasteiger charge is 2.22. The summed E-state index contributed by atoms with van der Waals surface area (Å²) in [6.45, 7) is 5.66. The van der Waals surface area contributed by atoms with Crippen LogP contribution in [0.4, 0.5) is 11.4 Å². The Hall–Kier alpha value is -3.81. The number of halogens is 2. The molecule has 0 unspecified atom stereocenters. The minimum atomic E-state index is -0.961. The molecule has 0 aliphatic rings. The standard InChI is InChI=1S/C26H22Cl2N4O3/c1-14-7-9-19(11-15(14)2)29-24(33)23-13-17-12-18(27)8-10-22(17)32(23)31-26(35)25(34)30-21-6-4-5-20(28)16(21)3/h4-13H,1-3H3,(H,29,33)(H,30,34)(H,31,35). The normalized spacial score (nSPS) is 10.8. The number of anilines is 2. The zero-order valence-electron chi connectivity index (χ0n) is 19.2. The van der Waals surface area contributed by atoms with Crippen LogP contribution in [0.25, 0.3) is 10.9 Å². The van der Waals surface area contributed by atoms with E-state index in [4.69, 9.17) is 23.2 Å². The number of hydrogen-bond acceptors (Lipinski definition) is 3. The van der Waals surface area contributed by atoms with Crippen molar-refractivity contribution in [2.75, 3.05) is 16.1 Å². The predicted molar refractivity (Wildman–Crippen MR) is 140 cm³/mol. The molecule has 0 bridgehead atoms. The lowest BCUT2D eigenvalue weighted by Crippen LogP contribution is -2.36. The molecule has 3 aromatic carbocycles. The highest BCUT2D eigenvalue weighted by Crippen LogP contribution is 2.25. The zero-order chi connectivity index (χ0) is 25.3. The molecule has 7 nitrogen and oxygen atoms in total. The Labute approximate surface area is 212 Å². The van der Waals surface area contributed by atoms with Crippen LogP contribution in [0.2, 0.25) is 10.0 Å². The van der Waals surface area contributed by atoms with Gasteiger partial charge in [-0.1, -0.05) is 35.3 Å². The molecule has 0 saturated carbocycles. The molecule has 4 aromatic rings. The van der Waals surface area contributed by atoms with E-state index in [0.717, 1.165) is 11.1 Å². The first kappa shape index (κ1) is 24.3. The summed E-state index contributed by atoms with van der Waals surface area (Å²) in [7, 11) is 0. The van der Waals surface area contributed by atoms with E-state index in [-0.39, 0.29) is 5.69 Å². The largest absolute Gasteiger partial charge is 0.328 e. The maximum atomic E-state index is 13.2. The van der Waals surface area contributed by atoms with Crippen LogP contribution in [-0.4, -0.2) is 22.4 Å². The van der Waals surface area contributed by atoms with Crippen LogP contribution in [0.15, 0.2) is 60.7 Å². The molecule has 0 fully saturated rings. The molecule has 0 saturated heterocycles. The van der Waals surface area contributed by atoms with Crippen molar-refractivity contribution in [2.24, 2.45) is 0 Å². The maximum absolute atomic E-state index is 13.2. The quantitative estimate of drug-likeness (QED) is 0.302. The number of aryl methyl sites for hydroxylation is 2. The minimum Gasteiger partial charge on any atom is -0.321 e. The summed E-state index contributed by atoms with van der Waals surface area (Å²) in [4.78, 5) is 38.6. The Morgan fingerprint density at radius 2 is 1.57 bits per heavy atom. The van der Waals surface area contributed by atoms with E-state index >= 15 is 0 Å². The average molecular weight is 509 g/mol. The van der Waals surface area contributed by atoms with Crippen molar-refractivity contribution in [1.29, 1.82) is 0 Å². The van der Waals surface area contributed by atoms with Gasteiger partial charge in [0, 0.05) is 26.8 Å². The number of rotatable bonds is 4. The second kappa shape index (κ2) is 9.82. The molecule has 0 radical (unpaired) electrons. The minimum absolute atomic E-state index is 0.126. The topological polar surface area (TPSA) is 92.2 Å². The van der Waals surface area contributed by atoms with Crippen molar-refractivity contribution >= 4 is 63.2 Å². The number of fused-ring (bicyclic) bond motifs is 1. The van der Waals surface area contributed by atoms with E-state index < -0.39 is 17.7 Å². The average Bonchev–Trinajstić information content (AvgIpc) is 3.16. The van der Waals surface area contributed by atoms with E-state index in [1.165, 1.54) is 4.68 Å². The molecular formula is C26H22Cl2N4O3. The van der Waals surface area contributed by atoms with Crippen LogP contribution >= 0.6 is 23.2 Å². The van der Waals surface area contributed by atoms with E-state index in [1.807, 2.05) is 26.0 Å². The van der Waals surface area contributed by atoms with Gasteiger partial charge in [-0.25, -0.2) is 4.68 Å². The van der Waals surface area contributed by atoms with Gasteiger partial charge in [-0.3, -0.25) is 19.8 Å². The number of amides is 3. The Kier molecular flexibility index (Phi) is 6.82. The Bertz CT molecular complexity index is 1490. The number of carbonyl (C=O) groups excluding carboxylic acids is 3. The summed E-state index contributed by atoms with van der Waals surface area (Å²) >= 11 is 12.2. The first-order valence-electron chi connectivity index (χ1n) is 10.7. The molecule has 3 N–H and O–H groups in total. The lowest BCUT2D eigenvalue weighted by molar-refractivity contribution is -0.133. The molecule has 0 spiro atoms. The molecule has 178 valence electrons. The third-order valence-electron chi connectivity index (χ3n) is 5.70. The zero-order valence-corrected chi connectivity index (χ0v) is 20.7. The fourth-order valence-corrected chi connectivity index (χ4v) is 3.92. The molecule has 1 aromatic heterocycles. The second-order valence-electron chi connectivity index (χ2n) is 8.13. The van der Waals surface area contributed by atoms with E-state index in [0.29, 0.717) is 37.9 Å². The van der Waals surface area contributed by atoms with Crippen LogP contribution in [0.1, 0.15) is 27.2 Å². The number of aromatic nitrogens is 1. The summed E-state index contributed by atoms with van der Waals surface area (Å²) in [5.41, 5.74) is 6.92. The molecule has 1 heterocycles. The van der Waals surface area contributed by atoms with Crippen molar-refractivity contribution < 1.29 is 14.4 Å². The van der Waals surface area contributed by atoms with Gasteiger partial charge in [0.15, 0.2) is 0 Å². The van der Waals surface area contributed by atoms with E-state index in [1.54, 1.807) is 55.5 Å². The smallest absolute Gasteiger partial charge is 0.321 e. The lowest BCUT2D eigenvalue weighted by atomic mass is 10.1. The van der Waals surface area contributed by atoms with Crippen molar-refractivity contribution in [3.63, 3.8) is 0 Å². The summed E-state index contributed by atoms with van der Waals surface area (Å²) in [5.74, 6) is -2.34. The number of hydrogen-bond donors (Lipinski definition) is 3. The second-order valence-corrected chi connectivity index (χ2v) is 8.97. The Balaban J connectivity index is 1.64. The monoisotopic (exact) mass is 508 g/mol. The molecule has 9 heteroatoms. The van der Waals surface area contributed by atoms with Crippen LogP contribution in [0, 0.1) is 20.8 Å². The van der Waals surface area contributed by atoms with Gasteiger partial charge in [0.05, 0.1) is 5.52 Å². The molecular weight excluding hydrogens is 487 g/mol. The van der Waals surface area contributed by atoms with Crippen molar-refractivity contribution in [1.82, 2.24) is 4.68 Å². The fraction of sp³-hybridized carbons (Fsp3) is 0.115. The van der Waals surface area contributed by atoms with E-state index in [2.05, 4.69) is 16.1 Å². The first-order valence-corrected chi connectivity index (χ1v) is 11.5. The van der Waals surface area contributed by atoms with Crippen LogP contribution in [0.3, 0.4) is 0 Å². The summed E-state index contributed by atoms with van der Waals surface area (Å²) in [5, 5.41) is 6.94. The number of carbonyl (C=O) groups is 3. The van der Waals surface area contributed by atoms with Gasteiger partial charge in [0.2, 0.25) is 0 Å². The molecule has 0 atom stereocenters. The van der Waals surface area contributed by atoms with Crippen LogP contribution in [0.5, 0.6) is 0 Å². The highest BCUT2D eigenvalue weighted by atomic mass is 35.5. The van der Waals surface area contributed by atoms with Gasteiger partial charge in [0.1, 0.15) is 5.69 Å². The van der Waals surface area contributed by atoms with Gasteiger partial charge in [-0.2, -0.15) is 0 Å². The Morgan fingerprint density at radius 1 is 0.800 bits per heavy atom. The summed E-state index contributed by atoms with van der Waals surface area (Å²) in [6.07, 6.45) is 0. The molecule has 0 aliphatic heterocycles. The summed E-state index contributed by atoms with van der Waals surface area (Å²) in [6, 6.07) is 17.1. The number of nitrogens with zero attached hydrogens (tertiary/aromatic N) is 1. The Morgan fingerprint density at radius 3 is 2.31 bits per heavy atom. The molecule has 35 heavy (non-hydrogen) atoms. The molecule has 0 aliphatic carbocycles. The highest BCUT2D eigenvalue weighted by molar-refractivity contribution is 6.43. The number of benzene rings is 3.